The van der Waals surface area contributed by atoms with Gasteiger partial charge in [-0.25, -0.2) is 0 Å². The SMILES string of the molecule is O=C1C(CS(=O)(=O)O)NC(=S)N1c1ccccc1. The van der Waals surface area contributed by atoms with Crippen LogP contribution in [0, 0.1) is 0 Å². The average molecular weight is 286 g/mol. The van der Waals surface area contributed by atoms with Crippen molar-refractivity contribution in [3.63, 3.8) is 0 Å². The summed E-state index contributed by atoms with van der Waals surface area (Å²) in [6, 6.07) is 7.58. The number of carbonyl (C=O) groups is 1. The molecule has 0 bridgehead atoms. The highest BCUT2D eigenvalue weighted by atomic mass is 32.2. The van der Waals surface area contributed by atoms with Crippen LogP contribution in [-0.4, -0.2) is 35.8 Å². The summed E-state index contributed by atoms with van der Waals surface area (Å²) < 4.78 is 30.3. The molecule has 2 rings (SSSR count). The van der Waals surface area contributed by atoms with Gasteiger partial charge in [0.1, 0.15) is 11.8 Å². The number of hydrogen-bond donors (Lipinski definition) is 2. The van der Waals surface area contributed by atoms with Crippen LogP contribution in [0.2, 0.25) is 0 Å². The largest absolute Gasteiger partial charge is 0.349 e. The van der Waals surface area contributed by atoms with Crippen LogP contribution in [-0.2, 0) is 14.9 Å². The third-order valence-electron chi connectivity index (χ3n) is 2.41. The first-order chi connectivity index (χ1) is 8.38. The molecular weight excluding hydrogens is 276 g/mol. The summed E-state index contributed by atoms with van der Waals surface area (Å²) in [6.07, 6.45) is 0. The van der Waals surface area contributed by atoms with E-state index in [1.807, 2.05) is 0 Å². The lowest BCUT2D eigenvalue weighted by molar-refractivity contribution is -0.117. The van der Waals surface area contributed by atoms with Crippen LogP contribution >= 0.6 is 12.2 Å². The van der Waals surface area contributed by atoms with Crippen molar-refractivity contribution in [1.82, 2.24) is 5.32 Å². The topological polar surface area (TPSA) is 86.7 Å². The van der Waals surface area contributed by atoms with E-state index in [1.54, 1.807) is 30.3 Å². The number of hydrogen-bond acceptors (Lipinski definition) is 4. The van der Waals surface area contributed by atoms with Gasteiger partial charge in [0.15, 0.2) is 5.11 Å². The van der Waals surface area contributed by atoms with Gasteiger partial charge in [-0.05, 0) is 24.4 Å². The Balaban J connectivity index is 2.26. The lowest BCUT2D eigenvalue weighted by Crippen LogP contribution is -2.36. The first-order valence-corrected chi connectivity index (χ1v) is 7.05. The zero-order valence-corrected chi connectivity index (χ0v) is 10.7. The van der Waals surface area contributed by atoms with E-state index in [4.69, 9.17) is 16.8 Å². The molecule has 6 nitrogen and oxygen atoms in total. The molecule has 18 heavy (non-hydrogen) atoms. The molecule has 1 atom stereocenters. The lowest BCUT2D eigenvalue weighted by Gasteiger charge is -2.14. The van der Waals surface area contributed by atoms with Gasteiger partial charge in [0, 0.05) is 0 Å². The number of nitrogens with one attached hydrogen (secondary N) is 1. The minimum absolute atomic E-state index is 0.125. The van der Waals surface area contributed by atoms with E-state index in [0.29, 0.717) is 5.69 Å². The van der Waals surface area contributed by atoms with Crippen LogP contribution in [0.5, 0.6) is 0 Å². The Hall–Kier alpha value is -1.51. The second-order valence-electron chi connectivity index (χ2n) is 3.76. The van der Waals surface area contributed by atoms with Crippen molar-refractivity contribution in [2.75, 3.05) is 10.7 Å². The predicted molar refractivity (Wildman–Crippen MR) is 69.9 cm³/mol. The molecule has 0 radical (unpaired) electrons. The summed E-state index contributed by atoms with van der Waals surface area (Å²) >= 11 is 4.98. The van der Waals surface area contributed by atoms with Gasteiger partial charge in [0.2, 0.25) is 0 Å². The summed E-state index contributed by atoms with van der Waals surface area (Å²) in [5, 5.41) is 2.70. The Morgan fingerprint density at radius 1 is 1.33 bits per heavy atom. The smallest absolute Gasteiger partial charge is 0.267 e. The molecule has 1 aromatic rings. The van der Waals surface area contributed by atoms with Crippen molar-refractivity contribution >= 4 is 39.0 Å². The molecule has 1 aromatic carbocycles. The van der Waals surface area contributed by atoms with Crippen molar-refractivity contribution in [3.05, 3.63) is 30.3 Å². The number of thiocarbonyl (C=S) groups is 1. The first kappa shape index (κ1) is 12.9. The quantitative estimate of drug-likeness (QED) is 0.608. The summed E-state index contributed by atoms with van der Waals surface area (Å²) in [4.78, 5) is 13.2. The first-order valence-electron chi connectivity index (χ1n) is 5.03. The van der Waals surface area contributed by atoms with Crippen molar-refractivity contribution in [2.45, 2.75) is 6.04 Å². The van der Waals surface area contributed by atoms with Crippen LogP contribution < -0.4 is 10.2 Å². The summed E-state index contributed by atoms with van der Waals surface area (Å²) in [6.45, 7) is 0. The summed E-state index contributed by atoms with van der Waals surface area (Å²) in [7, 11) is -4.24. The van der Waals surface area contributed by atoms with E-state index in [9.17, 15) is 13.2 Å². The van der Waals surface area contributed by atoms with E-state index in [2.05, 4.69) is 5.32 Å². The Bertz CT molecular complexity index is 585. The van der Waals surface area contributed by atoms with E-state index >= 15 is 0 Å². The highest BCUT2D eigenvalue weighted by molar-refractivity contribution is 7.85. The lowest BCUT2D eigenvalue weighted by atomic mass is 10.3. The zero-order chi connectivity index (χ0) is 13.3. The second-order valence-corrected chi connectivity index (χ2v) is 5.64. The van der Waals surface area contributed by atoms with Crippen LogP contribution in [0.4, 0.5) is 5.69 Å². The molecule has 1 aliphatic rings. The molecule has 1 aliphatic heterocycles. The number of nitrogens with zero attached hydrogens (tertiary/aromatic N) is 1. The molecule has 1 heterocycles. The Labute approximate surface area is 109 Å². The van der Waals surface area contributed by atoms with Crippen LogP contribution in [0.1, 0.15) is 0 Å². The number of anilines is 1. The third kappa shape index (κ3) is 2.66. The van der Waals surface area contributed by atoms with E-state index in [0.717, 1.165) is 0 Å². The maximum atomic E-state index is 12.0. The maximum Gasteiger partial charge on any atom is 0.267 e. The van der Waals surface area contributed by atoms with Crippen molar-refractivity contribution < 1.29 is 17.8 Å². The van der Waals surface area contributed by atoms with Gasteiger partial charge >= 0.3 is 0 Å². The summed E-state index contributed by atoms with van der Waals surface area (Å²) in [5.74, 6) is -1.20. The predicted octanol–water partition coefficient (Wildman–Crippen LogP) is 0.164. The minimum Gasteiger partial charge on any atom is -0.349 e. The third-order valence-corrected chi connectivity index (χ3v) is 3.47. The van der Waals surface area contributed by atoms with Crippen LogP contribution in [0.25, 0.3) is 0 Å². The van der Waals surface area contributed by atoms with Gasteiger partial charge in [0.25, 0.3) is 16.0 Å². The van der Waals surface area contributed by atoms with E-state index in [1.165, 1.54) is 4.90 Å². The van der Waals surface area contributed by atoms with Crippen LogP contribution in [0.15, 0.2) is 30.3 Å². The van der Waals surface area contributed by atoms with Crippen molar-refractivity contribution in [2.24, 2.45) is 0 Å². The number of amides is 1. The molecule has 0 aromatic heterocycles. The molecule has 1 saturated heterocycles. The van der Waals surface area contributed by atoms with Crippen LogP contribution in [0.3, 0.4) is 0 Å². The van der Waals surface area contributed by atoms with E-state index < -0.39 is 27.8 Å². The highest BCUT2D eigenvalue weighted by Gasteiger charge is 2.38. The Morgan fingerprint density at radius 3 is 2.50 bits per heavy atom. The fraction of sp³-hybridized carbons (Fsp3) is 0.200. The van der Waals surface area contributed by atoms with Crippen molar-refractivity contribution in [3.8, 4) is 0 Å². The van der Waals surface area contributed by atoms with Gasteiger partial charge in [-0.15, -0.1) is 0 Å². The molecule has 0 spiro atoms. The van der Waals surface area contributed by atoms with Gasteiger partial charge in [-0.1, -0.05) is 18.2 Å². The molecule has 8 heteroatoms. The van der Waals surface area contributed by atoms with Crippen molar-refractivity contribution in [1.29, 1.82) is 0 Å². The number of rotatable bonds is 3. The summed E-state index contributed by atoms with van der Waals surface area (Å²) in [5.41, 5.74) is 0.554. The number of carbonyl (C=O) groups excluding carboxylic acids is 1. The number of para-hydroxylation sites is 1. The molecular formula is C10H10N2O4S2. The fourth-order valence-electron chi connectivity index (χ4n) is 1.68. The van der Waals surface area contributed by atoms with Gasteiger partial charge in [-0.2, -0.15) is 8.42 Å². The van der Waals surface area contributed by atoms with Gasteiger partial charge in [0.05, 0.1) is 5.69 Å². The van der Waals surface area contributed by atoms with E-state index in [-0.39, 0.29) is 5.11 Å². The highest BCUT2D eigenvalue weighted by Crippen LogP contribution is 2.19. The number of benzene rings is 1. The molecule has 1 unspecified atom stereocenters. The average Bonchev–Trinajstić information content (AvgIpc) is 2.53. The molecule has 1 fully saturated rings. The fourth-order valence-corrected chi connectivity index (χ4v) is 2.66. The molecule has 0 aliphatic carbocycles. The normalized spacial score (nSPS) is 20.1. The van der Waals surface area contributed by atoms with Gasteiger partial charge < -0.3 is 5.32 Å². The Morgan fingerprint density at radius 2 is 1.94 bits per heavy atom. The zero-order valence-electron chi connectivity index (χ0n) is 9.11. The second kappa shape index (κ2) is 4.63. The Kier molecular flexibility index (Phi) is 3.33. The molecule has 0 saturated carbocycles. The monoisotopic (exact) mass is 286 g/mol. The molecule has 1 amide bonds. The standard InChI is InChI=1S/C10H10N2O4S2/c13-9-8(6-18(14,15)16)11-10(17)12(9)7-4-2-1-3-5-7/h1-5,8H,6H2,(H,11,17)(H,14,15,16). The maximum absolute atomic E-state index is 12.0. The van der Waals surface area contributed by atoms with Gasteiger partial charge in [-0.3, -0.25) is 14.2 Å². The molecule has 2 N–H and O–H groups in total. The molecule has 96 valence electrons. The minimum atomic E-state index is -4.24.